The molecule has 1 aromatic rings. The van der Waals surface area contributed by atoms with Crippen molar-refractivity contribution in [3.05, 3.63) is 29.1 Å². The van der Waals surface area contributed by atoms with E-state index in [9.17, 15) is 12.8 Å². The number of halogens is 2. The van der Waals surface area contributed by atoms with Crippen molar-refractivity contribution in [3.63, 3.8) is 0 Å². The molecule has 1 saturated carbocycles. The van der Waals surface area contributed by atoms with Crippen LogP contribution in [0.3, 0.4) is 0 Å². The van der Waals surface area contributed by atoms with Gasteiger partial charge in [0.15, 0.2) is 0 Å². The minimum atomic E-state index is -3.62. The standard InChI is InChI=1S/C14H17ClFNO2S/c1-9-13(16)5-11(7-15)6-14(9)20(18,19)17-8-10-2-3-12(17)4-10/h5-6,10,12H,2-4,7-8H2,1H3. The molecular weight excluding hydrogens is 301 g/mol. The molecule has 2 fully saturated rings. The molecule has 6 heteroatoms. The Labute approximate surface area is 123 Å². The summed E-state index contributed by atoms with van der Waals surface area (Å²) in [5, 5.41) is 0. The number of benzene rings is 1. The Hall–Kier alpha value is -0.650. The zero-order valence-corrected chi connectivity index (χ0v) is 12.8. The van der Waals surface area contributed by atoms with E-state index in [0.29, 0.717) is 18.0 Å². The maximum atomic E-state index is 13.9. The van der Waals surface area contributed by atoms with Crippen molar-refractivity contribution in [2.75, 3.05) is 6.54 Å². The third-order valence-electron chi connectivity index (χ3n) is 4.46. The van der Waals surface area contributed by atoms with Crippen molar-refractivity contribution in [2.24, 2.45) is 5.92 Å². The molecule has 2 aliphatic rings. The van der Waals surface area contributed by atoms with E-state index >= 15 is 0 Å². The number of rotatable bonds is 3. The molecule has 3 nitrogen and oxygen atoms in total. The van der Waals surface area contributed by atoms with E-state index in [1.807, 2.05) is 0 Å². The average Bonchev–Trinajstić information content (AvgIpc) is 3.04. The maximum Gasteiger partial charge on any atom is 0.243 e. The topological polar surface area (TPSA) is 37.4 Å². The summed E-state index contributed by atoms with van der Waals surface area (Å²) in [6.07, 6.45) is 2.96. The lowest BCUT2D eigenvalue weighted by molar-refractivity contribution is 0.333. The molecular formula is C14H17ClFNO2S. The lowest BCUT2D eigenvalue weighted by Gasteiger charge is -2.27. The summed E-state index contributed by atoms with van der Waals surface area (Å²) in [7, 11) is -3.62. The molecule has 0 radical (unpaired) electrons. The Morgan fingerprint density at radius 3 is 2.70 bits per heavy atom. The van der Waals surface area contributed by atoms with Gasteiger partial charge in [-0.3, -0.25) is 0 Å². The molecule has 0 amide bonds. The Bertz CT molecular complexity index is 647. The Balaban J connectivity index is 2.05. The summed E-state index contributed by atoms with van der Waals surface area (Å²) in [6.45, 7) is 2.08. The van der Waals surface area contributed by atoms with Gasteiger partial charge in [-0.2, -0.15) is 4.31 Å². The van der Waals surface area contributed by atoms with Crippen LogP contribution in [0.4, 0.5) is 4.39 Å². The third-order valence-corrected chi connectivity index (χ3v) is 6.81. The molecule has 110 valence electrons. The van der Waals surface area contributed by atoms with Crippen LogP contribution in [0.1, 0.15) is 30.4 Å². The minimum absolute atomic E-state index is 0.0701. The lowest BCUT2D eigenvalue weighted by atomic mass is 10.1. The average molecular weight is 318 g/mol. The molecule has 2 bridgehead atoms. The zero-order chi connectivity index (χ0) is 14.5. The fourth-order valence-corrected chi connectivity index (χ4v) is 5.54. The van der Waals surface area contributed by atoms with E-state index in [1.165, 1.54) is 19.1 Å². The Morgan fingerprint density at radius 2 is 2.15 bits per heavy atom. The van der Waals surface area contributed by atoms with Gasteiger partial charge < -0.3 is 0 Å². The van der Waals surface area contributed by atoms with Gasteiger partial charge in [-0.25, -0.2) is 12.8 Å². The third kappa shape index (κ3) is 2.16. The van der Waals surface area contributed by atoms with Crippen molar-refractivity contribution in [1.82, 2.24) is 4.31 Å². The quantitative estimate of drug-likeness (QED) is 0.804. The van der Waals surface area contributed by atoms with Crippen molar-refractivity contribution < 1.29 is 12.8 Å². The fraction of sp³-hybridized carbons (Fsp3) is 0.571. The summed E-state index contributed by atoms with van der Waals surface area (Å²) < 4.78 is 41.0. The number of hydrogen-bond acceptors (Lipinski definition) is 2. The fourth-order valence-electron chi connectivity index (χ4n) is 3.35. The molecule has 1 heterocycles. The van der Waals surface area contributed by atoms with Crippen molar-refractivity contribution >= 4 is 21.6 Å². The van der Waals surface area contributed by atoms with Gasteiger partial charge in [0.1, 0.15) is 5.82 Å². The van der Waals surface area contributed by atoms with Crippen LogP contribution in [-0.2, 0) is 15.9 Å². The molecule has 1 aromatic carbocycles. The first-order valence-corrected chi connectivity index (χ1v) is 8.77. The summed E-state index contributed by atoms with van der Waals surface area (Å²) in [6, 6.07) is 2.90. The smallest absolute Gasteiger partial charge is 0.207 e. The van der Waals surface area contributed by atoms with Crippen molar-refractivity contribution in [1.29, 1.82) is 0 Å². The van der Waals surface area contributed by atoms with E-state index in [4.69, 9.17) is 11.6 Å². The summed E-state index contributed by atoms with van der Waals surface area (Å²) in [5.41, 5.74) is 0.680. The van der Waals surface area contributed by atoms with Crippen LogP contribution in [0.2, 0.25) is 0 Å². The molecule has 2 unspecified atom stereocenters. The predicted molar refractivity (Wildman–Crippen MR) is 75.7 cm³/mol. The lowest BCUT2D eigenvalue weighted by Crippen LogP contribution is -2.38. The number of nitrogens with zero attached hydrogens (tertiary/aromatic N) is 1. The van der Waals surface area contributed by atoms with Gasteiger partial charge in [0, 0.05) is 24.0 Å². The highest BCUT2D eigenvalue weighted by Crippen LogP contribution is 2.41. The first-order chi connectivity index (χ1) is 9.43. The molecule has 1 aliphatic heterocycles. The zero-order valence-electron chi connectivity index (χ0n) is 11.3. The molecule has 0 N–H and O–H groups in total. The highest BCUT2D eigenvalue weighted by Gasteiger charge is 2.44. The minimum Gasteiger partial charge on any atom is -0.207 e. The van der Waals surface area contributed by atoms with Gasteiger partial charge in [0.2, 0.25) is 10.0 Å². The van der Waals surface area contributed by atoms with E-state index in [1.54, 1.807) is 4.31 Å². The molecule has 20 heavy (non-hydrogen) atoms. The van der Waals surface area contributed by atoms with Crippen LogP contribution in [0.25, 0.3) is 0 Å². The van der Waals surface area contributed by atoms with Gasteiger partial charge in [0.25, 0.3) is 0 Å². The highest BCUT2D eigenvalue weighted by atomic mass is 35.5. The second kappa shape index (κ2) is 4.97. The number of fused-ring (bicyclic) bond motifs is 2. The summed E-state index contributed by atoms with van der Waals surface area (Å²) in [4.78, 5) is 0.0701. The highest BCUT2D eigenvalue weighted by molar-refractivity contribution is 7.89. The van der Waals surface area contributed by atoms with Gasteiger partial charge in [-0.1, -0.05) is 0 Å². The monoisotopic (exact) mass is 317 g/mol. The van der Waals surface area contributed by atoms with E-state index in [2.05, 4.69) is 0 Å². The first-order valence-electron chi connectivity index (χ1n) is 6.80. The predicted octanol–water partition coefficient (Wildman–Crippen LogP) is 3.05. The second-order valence-corrected chi connectivity index (χ2v) is 7.87. The van der Waals surface area contributed by atoms with Gasteiger partial charge in [0.05, 0.1) is 4.90 Å². The van der Waals surface area contributed by atoms with E-state index in [0.717, 1.165) is 19.3 Å². The number of sulfonamides is 1. The van der Waals surface area contributed by atoms with Crippen LogP contribution >= 0.6 is 11.6 Å². The normalized spacial score (nSPS) is 26.4. The summed E-state index contributed by atoms with van der Waals surface area (Å²) >= 11 is 5.72. The van der Waals surface area contributed by atoms with Crippen LogP contribution in [0.5, 0.6) is 0 Å². The Morgan fingerprint density at radius 1 is 1.40 bits per heavy atom. The van der Waals surface area contributed by atoms with Crippen LogP contribution in [0, 0.1) is 18.7 Å². The van der Waals surface area contributed by atoms with E-state index < -0.39 is 15.8 Å². The largest absolute Gasteiger partial charge is 0.243 e. The number of alkyl halides is 1. The first kappa shape index (κ1) is 14.3. The SMILES string of the molecule is Cc1c(F)cc(CCl)cc1S(=O)(=O)N1CC2CCC1C2. The number of hydrogen-bond donors (Lipinski definition) is 0. The molecule has 1 aliphatic carbocycles. The molecule has 2 atom stereocenters. The molecule has 3 rings (SSSR count). The van der Waals surface area contributed by atoms with Crippen LogP contribution < -0.4 is 0 Å². The molecule has 0 aromatic heterocycles. The van der Waals surface area contributed by atoms with Crippen LogP contribution in [-0.4, -0.2) is 25.3 Å². The second-order valence-electron chi connectivity index (χ2n) is 5.74. The Kier molecular flexibility index (Phi) is 3.55. The van der Waals surface area contributed by atoms with Crippen molar-refractivity contribution in [3.8, 4) is 0 Å². The molecule has 1 saturated heterocycles. The van der Waals surface area contributed by atoms with Crippen molar-refractivity contribution in [2.45, 2.75) is 43.0 Å². The maximum absolute atomic E-state index is 13.9. The van der Waals surface area contributed by atoms with Gasteiger partial charge in [-0.15, -0.1) is 11.6 Å². The number of piperidine rings is 1. The van der Waals surface area contributed by atoms with E-state index in [-0.39, 0.29) is 22.4 Å². The van der Waals surface area contributed by atoms with Gasteiger partial charge in [-0.05, 0) is 49.8 Å². The van der Waals surface area contributed by atoms with Gasteiger partial charge >= 0.3 is 0 Å². The summed E-state index contributed by atoms with van der Waals surface area (Å²) in [5.74, 6) is 0.0633. The molecule has 0 spiro atoms. The van der Waals surface area contributed by atoms with Crippen LogP contribution in [0.15, 0.2) is 17.0 Å².